The summed E-state index contributed by atoms with van der Waals surface area (Å²) in [5, 5.41) is 0. The summed E-state index contributed by atoms with van der Waals surface area (Å²) in [6, 6.07) is 0. The zero-order valence-corrected chi connectivity index (χ0v) is 21.0. The van der Waals surface area contributed by atoms with E-state index in [9.17, 15) is 0 Å². The van der Waals surface area contributed by atoms with E-state index >= 15 is 0 Å². The number of likely N-dealkylation sites (N-methyl/N-ethyl adjacent to an activating group) is 1. The molecule has 0 heterocycles. The molecule has 0 aromatic carbocycles. The van der Waals surface area contributed by atoms with E-state index in [-0.39, 0.29) is 5.41 Å². The van der Waals surface area contributed by atoms with Crippen molar-refractivity contribution in [1.29, 1.82) is 0 Å². The van der Waals surface area contributed by atoms with Crippen LogP contribution in [-0.2, 0) is 0 Å². The fourth-order valence-electron chi connectivity index (χ4n) is 4.41. The van der Waals surface area contributed by atoms with E-state index in [1.165, 1.54) is 48.9 Å². The van der Waals surface area contributed by atoms with Crippen LogP contribution < -0.4 is 0 Å². The topological polar surface area (TPSA) is 3.24 Å². The van der Waals surface area contributed by atoms with Gasteiger partial charge in [0.25, 0.3) is 0 Å². The number of hydrogen-bond acceptors (Lipinski definition) is 1. The molecule has 168 valence electrons. The van der Waals surface area contributed by atoms with Gasteiger partial charge in [0.05, 0.1) is 0 Å². The van der Waals surface area contributed by atoms with Crippen LogP contribution in [0.5, 0.6) is 0 Å². The summed E-state index contributed by atoms with van der Waals surface area (Å²) in [6.07, 6.45) is 24.7. The molecule has 0 amide bonds. The molecule has 0 bridgehead atoms. The Kier molecular flexibility index (Phi) is 12.1. The standard InChI is InChI=1S/C29H47N/c1-9-13-15-27(23-30(8)22-26(12-4)14-10-2)20-25(11-3)16-17-28-18-19-29(6,7)21-24(28)5/h3,15,18,20-21,26H,9-10,12-14,16-17,19,22-23H2,1-2,4-8H3/b25-20+,27-15+. The first-order valence-corrected chi connectivity index (χ1v) is 12.2. The molecule has 0 N–H and O–H groups in total. The normalized spacial score (nSPS) is 18.1. The minimum Gasteiger partial charge on any atom is -0.302 e. The second-order valence-corrected chi connectivity index (χ2v) is 9.89. The molecule has 1 unspecified atom stereocenters. The van der Waals surface area contributed by atoms with E-state index in [4.69, 9.17) is 6.42 Å². The third kappa shape index (κ3) is 9.99. The van der Waals surface area contributed by atoms with Crippen LogP contribution in [0.2, 0.25) is 0 Å². The Labute approximate surface area is 188 Å². The van der Waals surface area contributed by atoms with Crippen LogP contribution in [0.15, 0.2) is 46.6 Å². The summed E-state index contributed by atoms with van der Waals surface area (Å²) in [5.41, 5.74) is 5.69. The minimum absolute atomic E-state index is 0.285. The Morgan fingerprint density at radius 2 is 2.00 bits per heavy atom. The summed E-state index contributed by atoms with van der Waals surface area (Å²) >= 11 is 0. The molecule has 0 aliphatic heterocycles. The number of allylic oxidation sites excluding steroid dienone is 6. The highest BCUT2D eigenvalue weighted by atomic mass is 15.1. The predicted octanol–water partition coefficient (Wildman–Crippen LogP) is 8.11. The van der Waals surface area contributed by atoms with Gasteiger partial charge in [0, 0.05) is 18.7 Å². The maximum absolute atomic E-state index is 5.92. The molecule has 30 heavy (non-hydrogen) atoms. The lowest BCUT2D eigenvalue weighted by molar-refractivity contribution is 0.279. The quantitative estimate of drug-likeness (QED) is 0.219. The summed E-state index contributed by atoms with van der Waals surface area (Å²) in [6.45, 7) is 15.9. The molecule has 1 aliphatic rings. The van der Waals surface area contributed by atoms with Gasteiger partial charge < -0.3 is 4.90 Å². The van der Waals surface area contributed by atoms with Crippen LogP contribution in [0.25, 0.3) is 0 Å². The second-order valence-electron chi connectivity index (χ2n) is 9.89. The number of hydrogen-bond donors (Lipinski definition) is 0. The highest BCUT2D eigenvalue weighted by molar-refractivity contribution is 5.39. The van der Waals surface area contributed by atoms with Crippen LogP contribution in [0.1, 0.15) is 92.9 Å². The fraction of sp³-hybridized carbons (Fsp3) is 0.655. The van der Waals surface area contributed by atoms with Crippen LogP contribution in [0.4, 0.5) is 0 Å². The zero-order chi connectivity index (χ0) is 22.6. The van der Waals surface area contributed by atoms with Crippen molar-refractivity contribution >= 4 is 0 Å². The monoisotopic (exact) mass is 409 g/mol. The average molecular weight is 410 g/mol. The third-order valence-corrected chi connectivity index (χ3v) is 6.19. The van der Waals surface area contributed by atoms with Gasteiger partial charge in [-0.15, -0.1) is 6.42 Å². The Morgan fingerprint density at radius 1 is 1.27 bits per heavy atom. The highest BCUT2D eigenvalue weighted by Gasteiger charge is 2.19. The van der Waals surface area contributed by atoms with Crippen LogP contribution in [0, 0.1) is 23.7 Å². The minimum atomic E-state index is 0.285. The van der Waals surface area contributed by atoms with Crippen LogP contribution in [-0.4, -0.2) is 25.0 Å². The van der Waals surface area contributed by atoms with Gasteiger partial charge in [-0.05, 0) is 74.6 Å². The SMILES string of the molecule is C#C/C(=C\C(=C/CCC)CN(C)CC(CC)CCC)CCC1=CCC(C)(C)C=C1C. The molecule has 1 atom stereocenters. The number of nitrogens with zero attached hydrogens (tertiary/aromatic N) is 1. The van der Waals surface area contributed by atoms with E-state index in [1.807, 2.05) is 0 Å². The van der Waals surface area contributed by atoms with Crippen molar-refractivity contribution in [3.05, 3.63) is 46.6 Å². The molecule has 0 aromatic heterocycles. The highest BCUT2D eigenvalue weighted by Crippen LogP contribution is 2.34. The molecule has 0 saturated heterocycles. The molecule has 0 saturated carbocycles. The van der Waals surface area contributed by atoms with Crippen molar-refractivity contribution in [2.45, 2.75) is 92.9 Å². The molecule has 0 radical (unpaired) electrons. The van der Waals surface area contributed by atoms with Crippen molar-refractivity contribution < 1.29 is 0 Å². The third-order valence-electron chi connectivity index (χ3n) is 6.19. The van der Waals surface area contributed by atoms with Gasteiger partial charge >= 0.3 is 0 Å². The maximum atomic E-state index is 5.92. The molecule has 0 aromatic rings. The van der Waals surface area contributed by atoms with Crippen molar-refractivity contribution in [3.63, 3.8) is 0 Å². The largest absolute Gasteiger partial charge is 0.302 e. The van der Waals surface area contributed by atoms with Crippen LogP contribution in [0.3, 0.4) is 0 Å². The van der Waals surface area contributed by atoms with Crippen molar-refractivity contribution in [2.24, 2.45) is 11.3 Å². The van der Waals surface area contributed by atoms with Gasteiger partial charge in [-0.3, -0.25) is 0 Å². The maximum Gasteiger partial charge on any atom is 0.0227 e. The van der Waals surface area contributed by atoms with Gasteiger partial charge in [-0.25, -0.2) is 0 Å². The molecule has 0 fully saturated rings. The van der Waals surface area contributed by atoms with E-state index in [2.05, 4.69) is 83.7 Å². The van der Waals surface area contributed by atoms with Crippen molar-refractivity contribution in [1.82, 2.24) is 4.90 Å². The molecule has 1 heteroatoms. The summed E-state index contributed by atoms with van der Waals surface area (Å²) in [5.74, 6) is 3.77. The first kappa shape index (κ1) is 26.5. The van der Waals surface area contributed by atoms with E-state index < -0.39 is 0 Å². The number of rotatable bonds is 13. The van der Waals surface area contributed by atoms with Gasteiger partial charge in [0.2, 0.25) is 0 Å². The number of terminal acetylenes is 1. The Balaban J connectivity index is 2.81. The molecular weight excluding hydrogens is 362 g/mol. The second kappa shape index (κ2) is 13.7. The lowest BCUT2D eigenvalue weighted by Gasteiger charge is -2.26. The van der Waals surface area contributed by atoms with Crippen LogP contribution >= 0.6 is 0 Å². The lowest BCUT2D eigenvalue weighted by Crippen LogP contribution is -2.27. The summed E-state index contributed by atoms with van der Waals surface area (Å²) < 4.78 is 0. The van der Waals surface area contributed by atoms with Crippen molar-refractivity contribution in [2.75, 3.05) is 20.1 Å². The fourth-order valence-corrected chi connectivity index (χ4v) is 4.41. The number of unbranched alkanes of at least 4 members (excludes halogenated alkanes) is 1. The van der Waals surface area contributed by atoms with E-state index in [0.29, 0.717) is 0 Å². The molecule has 1 nitrogen and oxygen atoms in total. The molecule has 1 rings (SSSR count). The van der Waals surface area contributed by atoms with Gasteiger partial charge in [-0.2, -0.15) is 0 Å². The smallest absolute Gasteiger partial charge is 0.0227 e. The first-order chi connectivity index (χ1) is 14.2. The lowest BCUT2D eigenvalue weighted by atomic mass is 9.79. The summed E-state index contributed by atoms with van der Waals surface area (Å²) in [7, 11) is 2.25. The van der Waals surface area contributed by atoms with E-state index in [1.54, 1.807) is 0 Å². The van der Waals surface area contributed by atoms with Gasteiger partial charge in [0.15, 0.2) is 0 Å². The van der Waals surface area contributed by atoms with Gasteiger partial charge in [-0.1, -0.05) is 83.6 Å². The average Bonchev–Trinajstić information content (AvgIpc) is 2.69. The Morgan fingerprint density at radius 3 is 2.57 bits per heavy atom. The first-order valence-electron chi connectivity index (χ1n) is 12.2. The van der Waals surface area contributed by atoms with Crippen molar-refractivity contribution in [3.8, 4) is 12.3 Å². The molecule has 0 spiro atoms. The molecular formula is C29H47N. The zero-order valence-electron chi connectivity index (χ0n) is 21.0. The Bertz CT molecular complexity index is 678. The summed E-state index contributed by atoms with van der Waals surface area (Å²) in [4.78, 5) is 2.48. The Hall–Kier alpha value is -1.52. The predicted molar refractivity (Wildman–Crippen MR) is 136 cm³/mol. The molecule has 1 aliphatic carbocycles. The van der Waals surface area contributed by atoms with Gasteiger partial charge in [0.1, 0.15) is 0 Å². The van der Waals surface area contributed by atoms with E-state index in [0.717, 1.165) is 43.7 Å².